The molecule has 0 bridgehead atoms. The molecule has 0 radical (unpaired) electrons. The first-order valence-corrected chi connectivity index (χ1v) is 5.44. The second-order valence-corrected chi connectivity index (χ2v) is 3.82. The number of H-pyrrole nitrogens is 1. The van der Waals surface area contributed by atoms with Gasteiger partial charge in [0.15, 0.2) is 0 Å². The molecule has 94 valence electrons. The van der Waals surface area contributed by atoms with E-state index in [1.54, 1.807) is 13.3 Å². The van der Waals surface area contributed by atoms with Crippen LogP contribution >= 0.6 is 0 Å². The van der Waals surface area contributed by atoms with Gasteiger partial charge < -0.3 is 14.5 Å². The van der Waals surface area contributed by atoms with Crippen LogP contribution in [0.25, 0.3) is 11.3 Å². The fourth-order valence-electron chi connectivity index (χ4n) is 1.71. The maximum absolute atomic E-state index is 11.3. The highest BCUT2D eigenvalue weighted by Crippen LogP contribution is 2.24. The number of methoxy groups -OCH3 is 2. The number of esters is 1. The zero-order valence-electron chi connectivity index (χ0n) is 10.5. The van der Waals surface area contributed by atoms with E-state index in [9.17, 15) is 4.79 Å². The van der Waals surface area contributed by atoms with E-state index in [-0.39, 0.29) is 5.82 Å². The maximum atomic E-state index is 11.3. The summed E-state index contributed by atoms with van der Waals surface area (Å²) in [7, 11) is 2.95. The number of hydrogen-bond donors (Lipinski definition) is 1. The van der Waals surface area contributed by atoms with E-state index in [1.165, 1.54) is 7.11 Å². The van der Waals surface area contributed by atoms with Gasteiger partial charge in [-0.05, 0) is 30.7 Å². The monoisotopic (exact) mass is 246 g/mol. The van der Waals surface area contributed by atoms with Gasteiger partial charge in [-0.15, -0.1) is 0 Å². The first-order valence-electron chi connectivity index (χ1n) is 5.44. The van der Waals surface area contributed by atoms with Gasteiger partial charge in [-0.3, -0.25) is 0 Å². The zero-order valence-corrected chi connectivity index (χ0v) is 10.5. The molecule has 0 saturated carbocycles. The highest BCUT2D eigenvalue weighted by atomic mass is 16.5. The number of carbonyl (C=O) groups is 1. The van der Waals surface area contributed by atoms with Crippen LogP contribution in [0.4, 0.5) is 0 Å². The lowest BCUT2D eigenvalue weighted by Crippen LogP contribution is -2.03. The number of aryl methyl sites for hydroxylation is 1. The molecule has 0 atom stereocenters. The number of carbonyl (C=O) groups excluding carboxylic acids is 1. The number of rotatable bonds is 3. The molecule has 0 spiro atoms. The highest BCUT2D eigenvalue weighted by molar-refractivity contribution is 5.86. The fourth-order valence-corrected chi connectivity index (χ4v) is 1.71. The molecule has 0 saturated heterocycles. The smallest absolute Gasteiger partial charge is 0.374 e. The Morgan fingerprint density at radius 3 is 2.72 bits per heavy atom. The summed E-state index contributed by atoms with van der Waals surface area (Å²) in [5, 5.41) is 0. The van der Waals surface area contributed by atoms with Crippen molar-refractivity contribution in [2.45, 2.75) is 6.92 Å². The topological polar surface area (TPSA) is 64.2 Å². The Labute approximate surface area is 105 Å². The van der Waals surface area contributed by atoms with Crippen LogP contribution in [0.2, 0.25) is 0 Å². The Bertz CT molecular complexity index is 575. The molecule has 5 heteroatoms. The zero-order chi connectivity index (χ0) is 13.1. The second-order valence-electron chi connectivity index (χ2n) is 3.82. The van der Waals surface area contributed by atoms with Crippen LogP contribution in [0.15, 0.2) is 24.4 Å². The lowest BCUT2D eigenvalue weighted by molar-refractivity contribution is 0.0588. The Morgan fingerprint density at radius 1 is 1.33 bits per heavy atom. The van der Waals surface area contributed by atoms with Gasteiger partial charge in [0, 0.05) is 5.56 Å². The van der Waals surface area contributed by atoms with Gasteiger partial charge in [-0.25, -0.2) is 9.78 Å². The van der Waals surface area contributed by atoms with E-state index in [2.05, 4.69) is 14.7 Å². The summed E-state index contributed by atoms with van der Waals surface area (Å²) in [5.41, 5.74) is 2.72. The molecule has 0 aliphatic carbocycles. The minimum atomic E-state index is -0.480. The standard InChI is InChI=1S/C13H14N2O3/c1-8-6-9(4-5-11(8)17-2)10-7-14-12(15-10)13(16)18-3/h4-7H,1-3H3,(H,14,15). The first kappa shape index (κ1) is 12.2. The van der Waals surface area contributed by atoms with Crippen LogP contribution in [-0.2, 0) is 4.74 Å². The molecule has 2 rings (SSSR count). The van der Waals surface area contributed by atoms with Crippen LogP contribution in [0.3, 0.4) is 0 Å². The average Bonchev–Trinajstić information content (AvgIpc) is 2.87. The van der Waals surface area contributed by atoms with Crippen LogP contribution < -0.4 is 4.74 Å². The highest BCUT2D eigenvalue weighted by Gasteiger charge is 2.11. The van der Waals surface area contributed by atoms with Gasteiger partial charge >= 0.3 is 5.97 Å². The van der Waals surface area contributed by atoms with Gasteiger partial charge in [-0.1, -0.05) is 0 Å². The fraction of sp³-hybridized carbons (Fsp3) is 0.231. The summed E-state index contributed by atoms with van der Waals surface area (Å²) >= 11 is 0. The second kappa shape index (κ2) is 4.91. The molecular weight excluding hydrogens is 232 g/mol. The lowest BCUT2D eigenvalue weighted by Gasteiger charge is -2.05. The van der Waals surface area contributed by atoms with E-state index in [1.807, 2.05) is 25.1 Å². The molecule has 1 N–H and O–H groups in total. The molecule has 1 aromatic heterocycles. The lowest BCUT2D eigenvalue weighted by atomic mass is 10.1. The van der Waals surface area contributed by atoms with E-state index >= 15 is 0 Å². The number of aromatic nitrogens is 2. The Morgan fingerprint density at radius 2 is 2.11 bits per heavy atom. The van der Waals surface area contributed by atoms with E-state index in [4.69, 9.17) is 4.74 Å². The number of nitrogens with one attached hydrogen (secondary N) is 1. The van der Waals surface area contributed by atoms with Gasteiger partial charge in [0.25, 0.3) is 0 Å². The number of nitrogens with zero attached hydrogens (tertiary/aromatic N) is 1. The molecule has 1 heterocycles. The van der Waals surface area contributed by atoms with Crippen molar-refractivity contribution in [3.8, 4) is 17.0 Å². The van der Waals surface area contributed by atoms with E-state index in [0.717, 1.165) is 22.6 Å². The summed E-state index contributed by atoms with van der Waals surface area (Å²) in [6.45, 7) is 1.96. The predicted octanol–water partition coefficient (Wildman–Crippen LogP) is 2.18. The number of imidazole rings is 1. The van der Waals surface area contributed by atoms with Gasteiger partial charge in [-0.2, -0.15) is 0 Å². The average molecular weight is 246 g/mol. The quantitative estimate of drug-likeness (QED) is 0.843. The molecule has 0 aliphatic rings. The van der Waals surface area contributed by atoms with Crippen LogP contribution in [-0.4, -0.2) is 30.2 Å². The summed E-state index contributed by atoms with van der Waals surface area (Å²) in [6, 6.07) is 5.75. The van der Waals surface area contributed by atoms with E-state index < -0.39 is 5.97 Å². The van der Waals surface area contributed by atoms with Crippen molar-refractivity contribution in [1.29, 1.82) is 0 Å². The Hall–Kier alpha value is -2.30. The van der Waals surface area contributed by atoms with Crippen LogP contribution in [0.5, 0.6) is 5.75 Å². The summed E-state index contributed by atoms with van der Waals surface area (Å²) in [6.07, 6.45) is 1.60. The van der Waals surface area contributed by atoms with Crippen molar-refractivity contribution in [2.75, 3.05) is 14.2 Å². The molecule has 2 aromatic rings. The van der Waals surface area contributed by atoms with Crippen molar-refractivity contribution in [3.63, 3.8) is 0 Å². The third-order valence-electron chi connectivity index (χ3n) is 2.66. The molecule has 0 amide bonds. The molecule has 1 aromatic carbocycles. The van der Waals surface area contributed by atoms with Gasteiger partial charge in [0.05, 0.1) is 26.1 Å². The maximum Gasteiger partial charge on any atom is 0.374 e. The summed E-state index contributed by atoms with van der Waals surface area (Å²) in [5.74, 6) is 0.541. The van der Waals surface area contributed by atoms with Crippen molar-refractivity contribution in [1.82, 2.24) is 9.97 Å². The van der Waals surface area contributed by atoms with Crippen molar-refractivity contribution >= 4 is 5.97 Å². The third kappa shape index (κ3) is 2.20. The molecule has 0 unspecified atom stereocenters. The van der Waals surface area contributed by atoms with E-state index in [0.29, 0.717) is 0 Å². The number of hydrogen-bond acceptors (Lipinski definition) is 4. The normalized spacial score (nSPS) is 10.2. The number of ether oxygens (including phenoxy) is 2. The van der Waals surface area contributed by atoms with Crippen molar-refractivity contribution in [2.24, 2.45) is 0 Å². The largest absolute Gasteiger partial charge is 0.496 e. The molecule has 0 aliphatic heterocycles. The SMILES string of the molecule is COC(=O)c1ncc(-c2ccc(OC)c(C)c2)[nH]1. The minimum absolute atomic E-state index is 0.195. The Balaban J connectivity index is 2.34. The third-order valence-corrected chi connectivity index (χ3v) is 2.66. The van der Waals surface area contributed by atoms with Crippen LogP contribution in [0.1, 0.15) is 16.2 Å². The molecular formula is C13H14N2O3. The summed E-state index contributed by atoms with van der Waals surface area (Å²) < 4.78 is 9.79. The minimum Gasteiger partial charge on any atom is -0.496 e. The molecule has 0 fully saturated rings. The number of benzene rings is 1. The summed E-state index contributed by atoms with van der Waals surface area (Å²) in [4.78, 5) is 18.2. The van der Waals surface area contributed by atoms with Crippen molar-refractivity contribution in [3.05, 3.63) is 35.8 Å². The number of aromatic amines is 1. The molecule has 5 nitrogen and oxygen atoms in total. The van der Waals surface area contributed by atoms with Crippen molar-refractivity contribution < 1.29 is 14.3 Å². The molecule has 18 heavy (non-hydrogen) atoms. The van der Waals surface area contributed by atoms with Crippen LogP contribution in [0, 0.1) is 6.92 Å². The predicted molar refractivity (Wildman–Crippen MR) is 66.7 cm³/mol. The van der Waals surface area contributed by atoms with Gasteiger partial charge in [0.2, 0.25) is 5.82 Å². The van der Waals surface area contributed by atoms with Gasteiger partial charge in [0.1, 0.15) is 5.75 Å². The first-order chi connectivity index (χ1) is 8.65. The Kier molecular flexibility index (Phi) is 3.32.